The summed E-state index contributed by atoms with van der Waals surface area (Å²) in [6.45, 7) is 3.79. The Hall–Kier alpha value is -1.35. The highest BCUT2D eigenvalue weighted by atomic mass is 16.3. The lowest BCUT2D eigenvalue weighted by atomic mass is 10.1. The van der Waals surface area contributed by atoms with Gasteiger partial charge in [0.05, 0.1) is 6.61 Å². The highest BCUT2D eigenvalue weighted by molar-refractivity contribution is 5.94. The number of carbonyl (C=O) groups excluding carboxylic acids is 1. The number of benzene rings is 1. The van der Waals surface area contributed by atoms with Gasteiger partial charge in [0.15, 0.2) is 0 Å². The van der Waals surface area contributed by atoms with Gasteiger partial charge in [-0.1, -0.05) is 19.1 Å². The quantitative estimate of drug-likeness (QED) is 0.783. The van der Waals surface area contributed by atoms with Gasteiger partial charge in [0.2, 0.25) is 0 Å². The molecule has 0 bridgehead atoms. The minimum atomic E-state index is -0.205. The van der Waals surface area contributed by atoms with Crippen molar-refractivity contribution in [2.24, 2.45) is 0 Å². The number of amides is 1. The molecule has 1 aromatic carbocycles. The van der Waals surface area contributed by atoms with Crippen molar-refractivity contribution >= 4 is 5.91 Å². The van der Waals surface area contributed by atoms with E-state index in [0.29, 0.717) is 5.56 Å². The predicted octanol–water partition coefficient (Wildman–Crippen LogP) is 1.36. The summed E-state index contributed by atoms with van der Waals surface area (Å²) in [6.07, 6.45) is 0.967. The van der Waals surface area contributed by atoms with E-state index >= 15 is 0 Å². The van der Waals surface area contributed by atoms with Crippen LogP contribution in [0.2, 0.25) is 0 Å². The van der Waals surface area contributed by atoms with E-state index in [1.54, 1.807) is 19.1 Å². The monoisotopic (exact) mass is 207 g/mol. The number of hydrogen-bond acceptors (Lipinski definition) is 2. The number of rotatable bonds is 4. The Morgan fingerprint density at radius 3 is 2.47 bits per heavy atom. The molecular formula is C12H17NO2. The fraction of sp³-hybridized carbons (Fsp3) is 0.417. The maximum absolute atomic E-state index is 11.6. The van der Waals surface area contributed by atoms with E-state index in [9.17, 15) is 4.79 Å². The lowest BCUT2D eigenvalue weighted by Crippen LogP contribution is -2.34. The molecule has 2 N–H and O–H groups in total. The summed E-state index contributed by atoms with van der Waals surface area (Å²) in [7, 11) is 0. The van der Waals surface area contributed by atoms with Crippen LogP contribution in [0.5, 0.6) is 0 Å². The van der Waals surface area contributed by atoms with Crippen molar-refractivity contribution in [3.63, 3.8) is 0 Å². The van der Waals surface area contributed by atoms with Gasteiger partial charge in [0.1, 0.15) is 0 Å². The zero-order chi connectivity index (χ0) is 11.3. The molecule has 1 rings (SSSR count). The van der Waals surface area contributed by atoms with Crippen molar-refractivity contribution in [1.29, 1.82) is 0 Å². The standard InChI is InChI=1S/C12H17NO2/c1-3-10-4-6-11(7-5-10)12(15)13-9(2)8-14/h4-7,9,14H,3,8H2,1-2H3,(H,13,15)/t9-/m1/s1. The molecule has 0 aliphatic heterocycles. The highest BCUT2D eigenvalue weighted by Gasteiger charge is 2.07. The molecule has 0 saturated heterocycles. The molecule has 82 valence electrons. The molecule has 1 atom stereocenters. The predicted molar refractivity (Wildman–Crippen MR) is 59.8 cm³/mol. The zero-order valence-electron chi connectivity index (χ0n) is 9.16. The molecule has 1 aromatic rings. The topological polar surface area (TPSA) is 49.3 Å². The van der Waals surface area contributed by atoms with Crippen LogP contribution in [-0.4, -0.2) is 23.7 Å². The largest absolute Gasteiger partial charge is 0.394 e. The molecule has 0 spiro atoms. The molecule has 0 aromatic heterocycles. The third-order valence-electron chi connectivity index (χ3n) is 2.28. The minimum absolute atomic E-state index is 0.0429. The maximum atomic E-state index is 11.6. The van der Waals surface area contributed by atoms with Crippen LogP contribution in [-0.2, 0) is 6.42 Å². The van der Waals surface area contributed by atoms with Crippen molar-refractivity contribution < 1.29 is 9.90 Å². The van der Waals surface area contributed by atoms with E-state index in [-0.39, 0.29) is 18.6 Å². The van der Waals surface area contributed by atoms with E-state index in [1.807, 2.05) is 12.1 Å². The fourth-order valence-corrected chi connectivity index (χ4v) is 1.24. The first kappa shape index (κ1) is 11.7. The molecule has 0 heterocycles. The number of nitrogens with one attached hydrogen (secondary N) is 1. The van der Waals surface area contributed by atoms with Crippen LogP contribution < -0.4 is 5.32 Å². The molecule has 3 nitrogen and oxygen atoms in total. The molecule has 1 amide bonds. The molecule has 0 fully saturated rings. The van der Waals surface area contributed by atoms with Gasteiger partial charge in [-0.05, 0) is 31.0 Å². The van der Waals surface area contributed by atoms with Gasteiger partial charge in [0, 0.05) is 11.6 Å². The summed E-state index contributed by atoms with van der Waals surface area (Å²) in [4.78, 5) is 11.6. The molecular weight excluding hydrogens is 190 g/mol. The molecule has 0 saturated carbocycles. The Morgan fingerprint density at radius 1 is 1.40 bits per heavy atom. The van der Waals surface area contributed by atoms with E-state index in [0.717, 1.165) is 6.42 Å². The number of aliphatic hydroxyl groups excluding tert-OH is 1. The van der Waals surface area contributed by atoms with Crippen LogP contribution in [0.1, 0.15) is 29.8 Å². The van der Waals surface area contributed by atoms with Gasteiger partial charge in [0.25, 0.3) is 5.91 Å². The summed E-state index contributed by atoms with van der Waals surface area (Å²) >= 11 is 0. The summed E-state index contributed by atoms with van der Waals surface area (Å²) in [6, 6.07) is 7.29. The zero-order valence-corrected chi connectivity index (χ0v) is 9.16. The van der Waals surface area contributed by atoms with Crippen LogP contribution in [0.15, 0.2) is 24.3 Å². The van der Waals surface area contributed by atoms with Crippen molar-refractivity contribution in [1.82, 2.24) is 5.32 Å². The number of aliphatic hydroxyl groups is 1. The lowest BCUT2D eigenvalue weighted by Gasteiger charge is -2.10. The van der Waals surface area contributed by atoms with Crippen LogP contribution >= 0.6 is 0 Å². The number of aryl methyl sites for hydroxylation is 1. The normalized spacial score (nSPS) is 12.2. The molecule has 0 aliphatic rings. The van der Waals surface area contributed by atoms with Crippen molar-refractivity contribution in [2.45, 2.75) is 26.3 Å². The lowest BCUT2D eigenvalue weighted by molar-refractivity contribution is 0.0922. The molecule has 0 aliphatic carbocycles. The average molecular weight is 207 g/mol. The van der Waals surface area contributed by atoms with Crippen LogP contribution in [0, 0.1) is 0 Å². The van der Waals surface area contributed by atoms with E-state index in [1.165, 1.54) is 5.56 Å². The molecule has 3 heteroatoms. The fourth-order valence-electron chi connectivity index (χ4n) is 1.24. The minimum Gasteiger partial charge on any atom is -0.394 e. The second-order valence-electron chi connectivity index (χ2n) is 3.61. The van der Waals surface area contributed by atoms with E-state index in [2.05, 4.69) is 12.2 Å². The Labute approximate surface area is 90.1 Å². The Kier molecular flexibility index (Phi) is 4.31. The van der Waals surface area contributed by atoms with Crippen LogP contribution in [0.25, 0.3) is 0 Å². The first-order chi connectivity index (χ1) is 7.17. The smallest absolute Gasteiger partial charge is 0.251 e. The summed E-state index contributed by atoms with van der Waals surface area (Å²) in [5.41, 5.74) is 1.84. The van der Waals surface area contributed by atoms with Gasteiger partial charge in [-0.3, -0.25) is 4.79 Å². The second kappa shape index (κ2) is 5.51. The summed E-state index contributed by atoms with van der Waals surface area (Å²) < 4.78 is 0. The average Bonchev–Trinajstić information content (AvgIpc) is 2.29. The second-order valence-corrected chi connectivity index (χ2v) is 3.61. The summed E-state index contributed by atoms with van der Waals surface area (Å²) in [5.74, 6) is -0.140. The first-order valence-electron chi connectivity index (χ1n) is 5.18. The Bertz CT molecular complexity index is 319. The van der Waals surface area contributed by atoms with E-state index < -0.39 is 0 Å². The van der Waals surface area contributed by atoms with Crippen molar-refractivity contribution in [3.05, 3.63) is 35.4 Å². The van der Waals surface area contributed by atoms with Gasteiger partial charge in [-0.2, -0.15) is 0 Å². The third-order valence-corrected chi connectivity index (χ3v) is 2.28. The van der Waals surface area contributed by atoms with Crippen molar-refractivity contribution in [3.8, 4) is 0 Å². The number of carbonyl (C=O) groups is 1. The van der Waals surface area contributed by atoms with Gasteiger partial charge in [-0.15, -0.1) is 0 Å². The Balaban J connectivity index is 2.66. The molecule has 0 radical (unpaired) electrons. The van der Waals surface area contributed by atoms with Gasteiger partial charge < -0.3 is 10.4 Å². The SMILES string of the molecule is CCc1ccc(C(=O)N[C@H](C)CO)cc1. The number of hydrogen-bond donors (Lipinski definition) is 2. The third kappa shape index (κ3) is 3.36. The van der Waals surface area contributed by atoms with Gasteiger partial charge in [-0.25, -0.2) is 0 Å². The van der Waals surface area contributed by atoms with Crippen LogP contribution in [0.3, 0.4) is 0 Å². The molecule has 0 unspecified atom stereocenters. The Morgan fingerprint density at radius 2 is 2.00 bits per heavy atom. The maximum Gasteiger partial charge on any atom is 0.251 e. The van der Waals surface area contributed by atoms with Crippen LogP contribution in [0.4, 0.5) is 0 Å². The summed E-state index contributed by atoms with van der Waals surface area (Å²) in [5, 5.41) is 11.5. The first-order valence-corrected chi connectivity index (χ1v) is 5.18. The van der Waals surface area contributed by atoms with Gasteiger partial charge >= 0.3 is 0 Å². The van der Waals surface area contributed by atoms with Crippen molar-refractivity contribution in [2.75, 3.05) is 6.61 Å². The van der Waals surface area contributed by atoms with E-state index in [4.69, 9.17) is 5.11 Å². The highest BCUT2D eigenvalue weighted by Crippen LogP contribution is 2.05. The molecule has 15 heavy (non-hydrogen) atoms.